The number of nitrogens with zero attached hydrogens (tertiary/aromatic N) is 1. The zero-order valence-electron chi connectivity index (χ0n) is 9.73. The van der Waals surface area contributed by atoms with E-state index >= 15 is 0 Å². The number of aromatic nitrogens is 2. The standard InChI is InChI=1S/C11H16N4O2/c1-6(16)9-14-10(13-7-3-2-4-7)8(5-12)11(17)15-9/h5-7,12,16H,2-4H2,1H3,(H2,13,14,15,17)/p+1/t6-/m0/s1. The molecule has 0 aliphatic heterocycles. The molecule has 5 N–H and O–H groups in total. The summed E-state index contributed by atoms with van der Waals surface area (Å²) in [5.41, 5.74) is -0.0993. The van der Waals surface area contributed by atoms with Crippen molar-refractivity contribution >= 4 is 12.0 Å². The van der Waals surface area contributed by atoms with Crippen molar-refractivity contribution in [3.05, 3.63) is 21.7 Å². The SMILES string of the molecule is C[C@H](O)c1nc([NH2+]C2CCC2)c(C=N)c(=O)[nH]1. The van der Waals surface area contributed by atoms with Crippen LogP contribution >= 0.6 is 0 Å². The van der Waals surface area contributed by atoms with Gasteiger partial charge in [0, 0.05) is 6.21 Å². The number of hydrogen-bond donors (Lipinski definition) is 4. The Bertz CT molecular complexity index is 477. The third-order valence-corrected chi connectivity index (χ3v) is 3.09. The molecule has 0 amide bonds. The Balaban J connectivity index is 2.37. The third-order valence-electron chi connectivity index (χ3n) is 3.09. The van der Waals surface area contributed by atoms with Gasteiger partial charge in [-0.05, 0) is 26.2 Å². The monoisotopic (exact) mass is 237 g/mol. The molecule has 6 heteroatoms. The molecule has 6 nitrogen and oxygen atoms in total. The molecule has 0 unspecified atom stereocenters. The van der Waals surface area contributed by atoms with Gasteiger partial charge in [0.25, 0.3) is 5.56 Å². The van der Waals surface area contributed by atoms with Crippen LogP contribution in [0.25, 0.3) is 0 Å². The van der Waals surface area contributed by atoms with Crippen LogP contribution in [0.5, 0.6) is 0 Å². The molecule has 1 heterocycles. The number of H-pyrrole nitrogens is 1. The molecule has 2 rings (SSSR count). The van der Waals surface area contributed by atoms with Gasteiger partial charge in [-0.1, -0.05) is 0 Å². The van der Waals surface area contributed by atoms with Crippen molar-refractivity contribution in [2.75, 3.05) is 0 Å². The van der Waals surface area contributed by atoms with Gasteiger partial charge >= 0.3 is 0 Å². The van der Waals surface area contributed by atoms with E-state index in [9.17, 15) is 9.90 Å². The fraction of sp³-hybridized carbons (Fsp3) is 0.545. The van der Waals surface area contributed by atoms with E-state index in [2.05, 4.69) is 9.97 Å². The third kappa shape index (κ3) is 2.42. The van der Waals surface area contributed by atoms with Crippen molar-refractivity contribution in [3.8, 4) is 0 Å². The van der Waals surface area contributed by atoms with Crippen LogP contribution in [0.4, 0.5) is 5.82 Å². The second-order valence-electron chi connectivity index (χ2n) is 4.43. The summed E-state index contributed by atoms with van der Waals surface area (Å²) in [7, 11) is 0. The van der Waals surface area contributed by atoms with E-state index in [1.807, 2.05) is 5.32 Å². The first kappa shape index (κ1) is 11.9. The number of quaternary nitrogens is 1. The molecule has 0 saturated heterocycles. The highest BCUT2D eigenvalue weighted by Gasteiger charge is 2.25. The van der Waals surface area contributed by atoms with Gasteiger partial charge in [0.1, 0.15) is 17.5 Å². The van der Waals surface area contributed by atoms with Gasteiger partial charge in [-0.25, -0.2) is 0 Å². The molecule has 0 radical (unpaired) electrons. The molecule has 0 spiro atoms. The van der Waals surface area contributed by atoms with E-state index in [-0.39, 0.29) is 16.9 Å². The van der Waals surface area contributed by atoms with Gasteiger partial charge in [-0.15, -0.1) is 0 Å². The summed E-state index contributed by atoms with van der Waals surface area (Å²) in [6.07, 6.45) is 3.62. The molecular weight excluding hydrogens is 220 g/mol. The van der Waals surface area contributed by atoms with Gasteiger partial charge in [0.15, 0.2) is 0 Å². The topological polar surface area (TPSA) is 106 Å². The molecule has 1 aliphatic carbocycles. The van der Waals surface area contributed by atoms with Crippen molar-refractivity contribution < 1.29 is 10.4 Å². The highest BCUT2D eigenvalue weighted by molar-refractivity contribution is 5.80. The molecule has 17 heavy (non-hydrogen) atoms. The molecule has 0 aromatic carbocycles. The minimum Gasteiger partial charge on any atom is -0.385 e. The van der Waals surface area contributed by atoms with Crippen LogP contribution < -0.4 is 10.9 Å². The predicted molar refractivity (Wildman–Crippen MR) is 62.6 cm³/mol. The van der Waals surface area contributed by atoms with E-state index in [0.29, 0.717) is 11.9 Å². The normalized spacial score (nSPS) is 17.5. The highest BCUT2D eigenvalue weighted by atomic mass is 16.3. The summed E-state index contributed by atoms with van der Waals surface area (Å²) in [4.78, 5) is 18.4. The lowest BCUT2D eigenvalue weighted by Crippen LogP contribution is -2.87. The molecule has 1 aromatic heterocycles. The summed E-state index contributed by atoms with van der Waals surface area (Å²) in [5.74, 6) is 0.774. The fourth-order valence-corrected chi connectivity index (χ4v) is 1.81. The maximum absolute atomic E-state index is 11.7. The summed E-state index contributed by atoms with van der Waals surface area (Å²) >= 11 is 0. The lowest BCUT2D eigenvalue weighted by Gasteiger charge is -2.22. The Hall–Kier alpha value is -1.53. The van der Waals surface area contributed by atoms with Crippen LogP contribution in [-0.2, 0) is 0 Å². The minimum absolute atomic E-state index is 0.256. The number of nitrogens with two attached hydrogens (primary N) is 1. The smallest absolute Gasteiger partial charge is 0.266 e. The van der Waals surface area contributed by atoms with Crippen molar-refractivity contribution in [3.63, 3.8) is 0 Å². The number of rotatable bonds is 4. The van der Waals surface area contributed by atoms with Gasteiger partial charge in [0.05, 0.1) is 6.04 Å². The Morgan fingerprint density at radius 3 is 2.82 bits per heavy atom. The van der Waals surface area contributed by atoms with Crippen LogP contribution in [0.2, 0.25) is 0 Å². The van der Waals surface area contributed by atoms with Crippen molar-refractivity contribution in [2.24, 2.45) is 0 Å². The molecule has 1 aliphatic rings. The summed E-state index contributed by atoms with van der Waals surface area (Å²) in [6.45, 7) is 1.55. The Morgan fingerprint density at radius 1 is 1.65 bits per heavy atom. The first-order valence-electron chi connectivity index (χ1n) is 5.79. The average molecular weight is 237 g/mol. The minimum atomic E-state index is -0.809. The van der Waals surface area contributed by atoms with Gasteiger partial charge in [-0.2, -0.15) is 4.98 Å². The van der Waals surface area contributed by atoms with E-state index in [1.54, 1.807) is 6.92 Å². The van der Waals surface area contributed by atoms with Gasteiger partial charge in [0.2, 0.25) is 5.82 Å². The maximum atomic E-state index is 11.7. The quantitative estimate of drug-likeness (QED) is 0.534. The zero-order valence-corrected chi connectivity index (χ0v) is 9.73. The molecule has 1 aromatic rings. The molecular formula is C11H17N4O2+. The number of aliphatic hydroxyl groups is 1. The van der Waals surface area contributed by atoms with Crippen LogP contribution in [0, 0.1) is 5.41 Å². The second kappa shape index (κ2) is 4.77. The summed E-state index contributed by atoms with van der Waals surface area (Å²) in [6, 6.07) is 0.449. The molecule has 1 atom stereocenters. The van der Waals surface area contributed by atoms with E-state index in [0.717, 1.165) is 19.1 Å². The Labute approximate surface area is 98.6 Å². The number of nitrogens with one attached hydrogen (secondary N) is 2. The van der Waals surface area contributed by atoms with E-state index in [4.69, 9.17) is 5.41 Å². The van der Waals surface area contributed by atoms with Crippen LogP contribution in [0.15, 0.2) is 4.79 Å². The predicted octanol–water partition coefficient (Wildman–Crippen LogP) is -0.432. The molecule has 0 bridgehead atoms. The van der Waals surface area contributed by atoms with Crippen LogP contribution in [0.1, 0.15) is 43.7 Å². The molecule has 92 valence electrons. The lowest BCUT2D eigenvalue weighted by molar-refractivity contribution is -0.626. The van der Waals surface area contributed by atoms with Gasteiger partial charge in [-0.3, -0.25) is 10.1 Å². The zero-order chi connectivity index (χ0) is 12.4. The average Bonchev–Trinajstić information content (AvgIpc) is 2.22. The number of aromatic amines is 1. The van der Waals surface area contributed by atoms with Crippen molar-refractivity contribution in [1.82, 2.24) is 9.97 Å². The number of aliphatic hydroxyl groups excluding tert-OH is 1. The van der Waals surface area contributed by atoms with E-state index in [1.165, 1.54) is 6.42 Å². The largest absolute Gasteiger partial charge is 0.385 e. The van der Waals surface area contributed by atoms with Gasteiger partial charge < -0.3 is 15.5 Å². The van der Waals surface area contributed by atoms with E-state index < -0.39 is 6.10 Å². The number of hydrogen-bond acceptors (Lipinski definition) is 4. The summed E-state index contributed by atoms with van der Waals surface area (Å²) < 4.78 is 0. The summed E-state index contributed by atoms with van der Waals surface area (Å²) in [5, 5.41) is 18.6. The maximum Gasteiger partial charge on any atom is 0.266 e. The Kier molecular flexibility index (Phi) is 3.35. The van der Waals surface area contributed by atoms with Crippen LogP contribution in [-0.4, -0.2) is 27.3 Å². The lowest BCUT2D eigenvalue weighted by atomic mass is 9.93. The molecule has 1 fully saturated rings. The first-order chi connectivity index (χ1) is 8.11. The molecule has 1 saturated carbocycles. The van der Waals surface area contributed by atoms with Crippen LogP contribution in [0.3, 0.4) is 0 Å². The Morgan fingerprint density at radius 2 is 2.35 bits per heavy atom. The second-order valence-corrected chi connectivity index (χ2v) is 4.43. The van der Waals surface area contributed by atoms with Crippen molar-refractivity contribution in [1.29, 1.82) is 5.41 Å². The fourth-order valence-electron chi connectivity index (χ4n) is 1.81. The first-order valence-corrected chi connectivity index (χ1v) is 5.79. The highest BCUT2D eigenvalue weighted by Crippen LogP contribution is 2.16. The van der Waals surface area contributed by atoms with Crippen molar-refractivity contribution in [2.45, 2.75) is 38.3 Å².